The number of hydrogen-bond acceptors (Lipinski definition) is 3. The van der Waals surface area contributed by atoms with Crippen LogP contribution < -0.4 is 9.47 Å². The van der Waals surface area contributed by atoms with E-state index in [0.717, 1.165) is 12.7 Å². The fraction of sp³-hybridized carbons (Fsp3) is 0.308. The third-order valence-electron chi connectivity index (χ3n) is 1.90. The first-order valence-electron chi connectivity index (χ1n) is 5.10. The highest BCUT2D eigenvalue weighted by Gasteiger charge is 2.04. The van der Waals surface area contributed by atoms with E-state index in [-0.39, 0.29) is 6.61 Å². The predicted molar refractivity (Wildman–Crippen MR) is 61.9 cm³/mol. The van der Waals surface area contributed by atoms with Crippen LogP contribution in [0, 0.1) is 12.3 Å². The molecule has 16 heavy (non-hydrogen) atoms. The van der Waals surface area contributed by atoms with Crippen molar-refractivity contribution in [2.24, 2.45) is 0 Å². The van der Waals surface area contributed by atoms with Crippen molar-refractivity contribution in [1.82, 2.24) is 0 Å². The molecule has 0 saturated carbocycles. The first kappa shape index (κ1) is 12.1. The van der Waals surface area contributed by atoms with E-state index in [0.29, 0.717) is 23.7 Å². The summed E-state index contributed by atoms with van der Waals surface area (Å²) in [6, 6.07) is 5.07. The number of benzene rings is 1. The first-order valence-corrected chi connectivity index (χ1v) is 5.10. The molecule has 0 bridgehead atoms. The minimum Gasteiger partial charge on any atom is -0.493 e. The zero-order valence-electron chi connectivity index (χ0n) is 9.23. The molecule has 0 aliphatic rings. The van der Waals surface area contributed by atoms with E-state index < -0.39 is 0 Å². The van der Waals surface area contributed by atoms with Crippen LogP contribution in [-0.4, -0.2) is 19.5 Å². The molecule has 0 heterocycles. The van der Waals surface area contributed by atoms with Gasteiger partial charge in [0.25, 0.3) is 0 Å². The molecule has 0 aliphatic heterocycles. The molecule has 1 rings (SSSR count). The normalized spacial score (nSPS) is 9.25. The molecule has 3 heteroatoms. The van der Waals surface area contributed by atoms with Crippen LogP contribution in [0.2, 0.25) is 0 Å². The average Bonchev–Trinajstić information content (AvgIpc) is 2.33. The number of aldehydes is 1. The van der Waals surface area contributed by atoms with Gasteiger partial charge in [0.2, 0.25) is 0 Å². The average molecular weight is 218 g/mol. The van der Waals surface area contributed by atoms with E-state index in [1.165, 1.54) is 0 Å². The van der Waals surface area contributed by atoms with Crippen LogP contribution >= 0.6 is 0 Å². The standard InChI is InChI=1S/C13H14O3/c1-3-7-15-12-6-5-11(10-14)13(9-12)16-8-4-2/h2,5-6,9-10H,3,7-8H2,1H3. The Kier molecular flexibility index (Phi) is 4.94. The van der Waals surface area contributed by atoms with Crippen molar-refractivity contribution in [3.8, 4) is 23.8 Å². The fourth-order valence-corrected chi connectivity index (χ4v) is 1.17. The van der Waals surface area contributed by atoms with Crippen LogP contribution in [0.1, 0.15) is 23.7 Å². The van der Waals surface area contributed by atoms with Gasteiger partial charge < -0.3 is 9.47 Å². The number of carbonyl (C=O) groups excluding carboxylic acids is 1. The van der Waals surface area contributed by atoms with Gasteiger partial charge in [-0.1, -0.05) is 12.8 Å². The molecule has 0 atom stereocenters. The molecule has 0 aliphatic carbocycles. The van der Waals surface area contributed by atoms with Crippen molar-refractivity contribution in [3.05, 3.63) is 23.8 Å². The van der Waals surface area contributed by atoms with Crippen LogP contribution in [0.15, 0.2) is 18.2 Å². The Balaban J connectivity index is 2.83. The topological polar surface area (TPSA) is 35.5 Å². The fourth-order valence-electron chi connectivity index (χ4n) is 1.17. The molecular formula is C13H14O3. The van der Waals surface area contributed by atoms with Gasteiger partial charge in [-0.25, -0.2) is 0 Å². The molecule has 0 unspecified atom stereocenters. The Hall–Kier alpha value is -1.95. The van der Waals surface area contributed by atoms with E-state index >= 15 is 0 Å². The van der Waals surface area contributed by atoms with Crippen LogP contribution in [0.3, 0.4) is 0 Å². The van der Waals surface area contributed by atoms with Crippen molar-refractivity contribution in [2.75, 3.05) is 13.2 Å². The Labute approximate surface area is 95.4 Å². The van der Waals surface area contributed by atoms with Gasteiger partial charge in [0.1, 0.15) is 18.1 Å². The SMILES string of the molecule is C#CCOc1cc(OCCC)ccc1C=O. The number of terminal acetylenes is 1. The summed E-state index contributed by atoms with van der Waals surface area (Å²) in [4.78, 5) is 10.7. The molecule has 0 amide bonds. The Morgan fingerprint density at radius 3 is 2.88 bits per heavy atom. The van der Waals surface area contributed by atoms with Crippen molar-refractivity contribution >= 4 is 6.29 Å². The maximum Gasteiger partial charge on any atom is 0.153 e. The summed E-state index contributed by atoms with van der Waals surface area (Å²) in [5.74, 6) is 3.49. The third-order valence-corrected chi connectivity index (χ3v) is 1.90. The quantitative estimate of drug-likeness (QED) is 0.543. The minimum absolute atomic E-state index is 0.137. The second-order valence-corrected chi connectivity index (χ2v) is 3.16. The molecule has 0 N–H and O–H groups in total. The third kappa shape index (κ3) is 3.32. The van der Waals surface area contributed by atoms with Gasteiger partial charge in [-0.05, 0) is 18.6 Å². The van der Waals surface area contributed by atoms with E-state index in [4.69, 9.17) is 15.9 Å². The summed E-state index contributed by atoms with van der Waals surface area (Å²) in [6.45, 7) is 2.79. The minimum atomic E-state index is 0.137. The second-order valence-electron chi connectivity index (χ2n) is 3.16. The lowest BCUT2D eigenvalue weighted by molar-refractivity contribution is 0.112. The van der Waals surface area contributed by atoms with Crippen LogP contribution in [0.5, 0.6) is 11.5 Å². The lowest BCUT2D eigenvalue weighted by Gasteiger charge is -2.09. The van der Waals surface area contributed by atoms with Gasteiger partial charge >= 0.3 is 0 Å². The van der Waals surface area contributed by atoms with Gasteiger partial charge in [0.05, 0.1) is 12.2 Å². The Bertz CT molecular complexity index is 391. The van der Waals surface area contributed by atoms with Crippen molar-refractivity contribution in [2.45, 2.75) is 13.3 Å². The highest BCUT2D eigenvalue weighted by molar-refractivity contribution is 5.79. The smallest absolute Gasteiger partial charge is 0.153 e. The summed E-state index contributed by atoms with van der Waals surface area (Å²) in [6.07, 6.45) is 6.75. The Morgan fingerprint density at radius 1 is 1.44 bits per heavy atom. The van der Waals surface area contributed by atoms with Crippen LogP contribution in [0.4, 0.5) is 0 Å². The predicted octanol–water partition coefficient (Wildman–Crippen LogP) is 2.30. The molecule has 3 nitrogen and oxygen atoms in total. The van der Waals surface area contributed by atoms with E-state index in [9.17, 15) is 4.79 Å². The van der Waals surface area contributed by atoms with Gasteiger partial charge in [-0.3, -0.25) is 4.79 Å². The summed E-state index contributed by atoms with van der Waals surface area (Å²) in [7, 11) is 0. The zero-order chi connectivity index (χ0) is 11.8. The summed E-state index contributed by atoms with van der Waals surface area (Å²) in [5, 5.41) is 0. The summed E-state index contributed by atoms with van der Waals surface area (Å²) < 4.78 is 10.7. The van der Waals surface area contributed by atoms with Crippen molar-refractivity contribution < 1.29 is 14.3 Å². The lowest BCUT2D eigenvalue weighted by atomic mass is 10.2. The maximum absolute atomic E-state index is 10.7. The van der Waals surface area contributed by atoms with Gasteiger partial charge in [0.15, 0.2) is 6.29 Å². The molecular weight excluding hydrogens is 204 g/mol. The lowest BCUT2D eigenvalue weighted by Crippen LogP contribution is -2.00. The van der Waals surface area contributed by atoms with Gasteiger partial charge in [-0.15, -0.1) is 6.42 Å². The van der Waals surface area contributed by atoms with Gasteiger partial charge in [0, 0.05) is 6.07 Å². The van der Waals surface area contributed by atoms with Crippen molar-refractivity contribution in [1.29, 1.82) is 0 Å². The number of hydrogen-bond donors (Lipinski definition) is 0. The number of carbonyl (C=O) groups is 1. The monoisotopic (exact) mass is 218 g/mol. The van der Waals surface area contributed by atoms with Crippen LogP contribution in [-0.2, 0) is 0 Å². The van der Waals surface area contributed by atoms with E-state index in [2.05, 4.69) is 5.92 Å². The zero-order valence-corrected chi connectivity index (χ0v) is 9.23. The second kappa shape index (κ2) is 6.52. The summed E-state index contributed by atoms with van der Waals surface area (Å²) >= 11 is 0. The highest BCUT2D eigenvalue weighted by Crippen LogP contribution is 2.23. The largest absolute Gasteiger partial charge is 0.493 e. The molecule has 0 saturated heterocycles. The number of ether oxygens (including phenoxy) is 2. The molecule has 0 radical (unpaired) electrons. The molecule has 0 fully saturated rings. The first-order chi connectivity index (χ1) is 7.81. The molecule has 0 spiro atoms. The number of rotatable bonds is 6. The molecule has 84 valence electrons. The Morgan fingerprint density at radius 2 is 2.25 bits per heavy atom. The van der Waals surface area contributed by atoms with E-state index in [1.54, 1.807) is 18.2 Å². The molecule has 0 aromatic heterocycles. The maximum atomic E-state index is 10.7. The van der Waals surface area contributed by atoms with Crippen LogP contribution in [0.25, 0.3) is 0 Å². The molecule has 1 aromatic carbocycles. The van der Waals surface area contributed by atoms with E-state index in [1.807, 2.05) is 6.92 Å². The van der Waals surface area contributed by atoms with Crippen molar-refractivity contribution in [3.63, 3.8) is 0 Å². The highest BCUT2D eigenvalue weighted by atomic mass is 16.5. The summed E-state index contributed by atoms with van der Waals surface area (Å²) in [5.41, 5.74) is 0.471. The van der Waals surface area contributed by atoms with Gasteiger partial charge in [-0.2, -0.15) is 0 Å². The molecule has 1 aromatic rings.